The van der Waals surface area contributed by atoms with Crippen molar-refractivity contribution < 1.29 is 4.74 Å². The van der Waals surface area contributed by atoms with E-state index in [1.54, 1.807) is 7.11 Å². The van der Waals surface area contributed by atoms with Crippen LogP contribution >= 0.6 is 0 Å². The van der Waals surface area contributed by atoms with Crippen LogP contribution in [0.1, 0.15) is 41.5 Å². The van der Waals surface area contributed by atoms with E-state index < -0.39 is 0 Å². The Hall–Kier alpha value is -0.0800. The van der Waals surface area contributed by atoms with Crippen molar-refractivity contribution in [1.82, 2.24) is 5.32 Å². The minimum atomic E-state index is 0.208. The third-order valence-corrected chi connectivity index (χ3v) is 2.24. The molecule has 2 heteroatoms. The highest BCUT2D eigenvalue weighted by molar-refractivity contribution is 4.77. The lowest BCUT2D eigenvalue weighted by atomic mass is 9.88. The van der Waals surface area contributed by atoms with Crippen molar-refractivity contribution >= 4 is 0 Å². The lowest BCUT2D eigenvalue weighted by Crippen LogP contribution is -2.40. The SMILES string of the molecule is COC(CNCC(C)(C)C)C(C)(C)C. The molecule has 0 saturated heterocycles. The fraction of sp³-hybridized carbons (Fsp3) is 1.00. The van der Waals surface area contributed by atoms with Crippen LogP contribution in [-0.2, 0) is 4.74 Å². The Labute approximate surface area is 89.4 Å². The predicted molar refractivity (Wildman–Crippen MR) is 62.6 cm³/mol. The van der Waals surface area contributed by atoms with Gasteiger partial charge in [-0.15, -0.1) is 0 Å². The van der Waals surface area contributed by atoms with E-state index in [0.717, 1.165) is 13.1 Å². The smallest absolute Gasteiger partial charge is 0.0743 e. The highest BCUT2D eigenvalue weighted by Crippen LogP contribution is 2.21. The van der Waals surface area contributed by atoms with Crippen molar-refractivity contribution in [2.24, 2.45) is 10.8 Å². The average Bonchev–Trinajstić information content (AvgIpc) is 1.93. The summed E-state index contributed by atoms with van der Waals surface area (Å²) in [5.74, 6) is 0. The maximum absolute atomic E-state index is 5.47. The van der Waals surface area contributed by atoms with Gasteiger partial charge in [-0.1, -0.05) is 41.5 Å². The van der Waals surface area contributed by atoms with E-state index in [0.29, 0.717) is 5.41 Å². The molecule has 1 unspecified atom stereocenters. The third-order valence-electron chi connectivity index (χ3n) is 2.24. The molecule has 1 atom stereocenters. The first-order valence-corrected chi connectivity index (χ1v) is 5.40. The number of nitrogens with one attached hydrogen (secondary N) is 1. The van der Waals surface area contributed by atoms with Gasteiger partial charge in [0.15, 0.2) is 0 Å². The summed E-state index contributed by atoms with van der Waals surface area (Å²) in [6.07, 6.45) is 0.282. The third kappa shape index (κ3) is 6.39. The highest BCUT2D eigenvalue weighted by atomic mass is 16.5. The molecule has 0 amide bonds. The van der Waals surface area contributed by atoms with E-state index >= 15 is 0 Å². The van der Waals surface area contributed by atoms with Crippen LogP contribution < -0.4 is 5.32 Å². The van der Waals surface area contributed by atoms with E-state index in [2.05, 4.69) is 46.9 Å². The van der Waals surface area contributed by atoms with Gasteiger partial charge in [-0.2, -0.15) is 0 Å². The molecule has 0 aromatic carbocycles. The fourth-order valence-electron chi connectivity index (χ4n) is 1.32. The summed E-state index contributed by atoms with van der Waals surface area (Å²) in [5, 5.41) is 3.46. The summed E-state index contributed by atoms with van der Waals surface area (Å²) in [5.41, 5.74) is 0.551. The zero-order chi connectivity index (χ0) is 11.4. The van der Waals surface area contributed by atoms with Gasteiger partial charge >= 0.3 is 0 Å². The molecule has 0 rings (SSSR count). The van der Waals surface area contributed by atoms with Crippen LogP contribution in [-0.4, -0.2) is 26.3 Å². The standard InChI is InChI=1S/C12H27NO/c1-11(2,3)9-13-8-10(14-7)12(4,5)6/h10,13H,8-9H2,1-7H3. The Kier molecular flexibility index (Phi) is 5.10. The molecule has 86 valence electrons. The van der Waals surface area contributed by atoms with Crippen LogP contribution in [0.25, 0.3) is 0 Å². The van der Waals surface area contributed by atoms with Gasteiger partial charge in [0.2, 0.25) is 0 Å². The van der Waals surface area contributed by atoms with Crippen molar-refractivity contribution in [1.29, 1.82) is 0 Å². The minimum Gasteiger partial charge on any atom is -0.380 e. The molecular weight excluding hydrogens is 174 g/mol. The molecule has 0 bridgehead atoms. The van der Waals surface area contributed by atoms with Crippen LogP contribution in [0.2, 0.25) is 0 Å². The molecule has 0 aromatic rings. The van der Waals surface area contributed by atoms with Crippen LogP contribution in [0.15, 0.2) is 0 Å². The molecule has 0 spiro atoms. The maximum Gasteiger partial charge on any atom is 0.0743 e. The first kappa shape index (κ1) is 13.9. The summed E-state index contributed by atoms with van der Waals surface area (Å²) < 4.78 is 5.47. The topological polar surface area (TPSA) is 21.3 Å². The average molecular weight is 201 g/mol. The summed E-state index contributed by atoms with van der Waals surface area (Å²) >= 11 is 0. The number of hydrogen-bond acceptors (Lipinski definition) is 2. The number of ether oxygens (including phenoxy) is 1. The molecule has 2 nitrogen and oxygen atoms in total. The summed E-state index contributed by atoms with van der Waals surface area (Å²) in [4.78, 5) is 0. The van der Waals surface area contributed by atoms with E-state index in [9.17, 15) is 0 Å². The van der Waals surface area contributed by atoms with Crippen molar-refractivity contribution in [3.05, 3.63) is 0 Å². The summed E-state index contributed by atoms with van der Waals surface area (Å²) in [6.45, 7) is 15.3. The predicted octanol–water partition coefficient (Wildman–Crippen LogP) is 2.68. The van der Waals surface area contributed by atoms with Crippen LogP contribution in [0.3, 0.4) is 0 Å². The van der Waals surface area contributed by atoms with E-state index in [-0.39, 0.29) is 11.5 Å². The van der Waals surface area contributed by atoms with Crippen molar-refractivity contribution in [2.75, 3.05) is 20.2 Å². The second kappa shape index (κ2) is 5.13. The second-order valence-corrected chi connectivity index (χ2v) is 6.28. The fourth-order valence-corrected chi connectivity index (χ4v) is 1.32. The molecule has 0 aliphatic rings. The van der Waals surface area contributed by atoms with Crippen LogP contribution in [0.5, 0.6) is 0 Å². The monoisotopic (exact) mass is 201 g/mol. The van der Waals surface area contributed by atoms with Crippen molar-refractivity contribution in [2.45, 2.75) is 47.6 Å². The quantitative estimate of drug-likeness (QED) is 0.755. The first-order valence-electron chi connectivity index (χ1n) is 5.40. The Morgan fingerprint density at radius 1 is 1.07 bits per heavy atom. The van der Waals surface area contributed by atoms with Gasteiger partial charge in [-0.25, -0.2) is 0 Å². The summed E-state index contributed by atoms with van der Waals surface area (Å²) in [7, 11) is 1.79. The Morgan fingerprint density at radius 3 is 1.86 bits per heavy atom. The molecule has 1 N–H and O–H groups in total. The first-order chi connectivity index (χ1) is 6.17. The van der Waals surface area contributed by atoms with Gasteiger partial charge in [-0.05, 0) is 10.8 Å². The van der Waals surface area contributed by atoms with E-state index in [1.165, 1.54) is 0 Å². The molecule has 0 radical (unpaired) electrons. The Bertz CT molecular complexity index is 153. The highest BCUT2D eigenvalue weighted by Gasteiger charge is 2.24. The van der Waals surface area contributed by atoms with E-state index in [1.807, 2.05) is 0 Å². The molecule has 0 fully saturated rings. The van der Waals surface area contributed by atoms with Crippen LogP contribution in [0.4, 0.5) is 0 Å². The molecule has 0 aromatic heterocycles. The number of methoxy groups -OCH3 is 1. The molecule has 14 heavy (non-hydrogen) atoms. The van der Waals surface area contributed by atoms with Gasteiger partial charge in [0.25, 0.3) is 0 Å². The lowest BCUT2D eigenvalue weighted by Gasteiger charge is -2.30. The van der Waals surface area contributed by atoms with Crippen LogP contribution in [0, 0.1) is 10.8 Å². The van der Waals surface area contributed by atoms with E-state index in [4.69, 9.17) is 4.74 Å². The van der Waals surface area contributed by atoms with Gasteiger partial charge in [0, 0.05) is 20.2 Å². The second-order valence-electron chi connectivity index (χ2n) is 6.28. The normalized spacial score (nSPS) is 15.6. The molecule has 0 aliphatic carbocycles. The minimum absolute atomic E-state index is 0.208. The largest absolute Gasteiger partial charge is 0.380 e. The van der Waals surface area contributed by atoms with Crippen molar-refractivity contribution in [3.63, 3.8) is 0 Å². The van der Waals surface area contributed by atoms with Crippen molar-refractivity contribution in [3.8, 4) is 0 Å². The maximum atomic E-state index is 5.47. The summed E-state index contributed by atoms with van der Waals surface area (Å²) in [6, 6.07) is 0. The lowest BCUT2D eigenvalue weighted by molar-refractivity contribution is 0.0163. The zero-order valence-electron chi connectivity index (χ0n) is 10.9. The number of hydrogen-bond donors (Lipinski definition) is 1. The van der Waals surface area contributed by atoms with Gasteiger partial charge < -0.3 is 10.1 Å². The Balaban J connectivity index is 3.87. The molecular formula is C12H27NO. The van der Waals surface area contributed by atoms with Gasteiger partial charge in [0.05, 0.1) is 6.10 Å². The molecule has 0 aliphatic heterocycles. The molecule has 0 saturated carbocycles. The Morgan fingerprint density at radius 2 is 1.57 bits per heavy atom. The molecule has 0 heterocycles. The number of rotatable bonds is 4. The zero-order valence-corrected chi connectivity index (χ0v) is 10.9. The van der Waals surface area contributed by atoms with Gasteiger partial charge in [-0.3, -0.25) is 0 Å². The van der Waals surface area contributed by atoms with Gasteiger partial charge in [0.1, 0.15) is 0 Å².